The van der Waals surface area contributed by atoms with Crippen LogP contribution in [0.25, 0.3) is 11.8 Å². The van der Waals surface area contributed by atoms with E-state index in [-0.39, 0.29) is 5.69 Å². The number of nitrogens with zero attached hydrogens (tertiary/aromatic N) is 5. The average Bonchev–Trinajstić information content (AvgIpc) is 3.07. The van der Waals surface area contributed by atoms with Gasteiger partial charge in [-0.25, -0.2) is 0 Å². The van der Waals surface area contributed by atoms with E-state index in [0.717, 1.165) is 11.3 Å². The molecule has 1 N–H and O–H groups in total. The number of carbonyl (C=O) groups is 1. The molecule has 2 aromatic carbocycles. The van der Waals surface area contributed by atoms with Crippen molar-refractivity contribution >= 4 is 23.4 Å². The SMILES string of the molecule is Cc1ccc(NC(=O)/C=C/c2ccccc2[N+](=O)[O-])cc1-n1nnnc1C. The molecule has 3 aromatic rings. The lowest BCUT2D eigenvalue weighted by molar-refractivity contribution is -0.385. The number of nitrogens with one attached hydrogen (secondary N) is 1. The van der Waals surface area contributed by atoms with E-state index in [4.69, 9.17) is 0 Å². The van der Waals surface area contributed by atoms with Crippen molar-refractivity contribution in [2.75, 3.05) is 5.32 Å². The molecule has 0 unspecified atom stereocenters. The summed E-state index contributed by atoms with van der Waals surface area (Å²) < 4.78 is 1.58. The second-order valence-corrected chi connectivity index (χ2v) is 5.78. The maximum Gasteiger partial charge on any atom is 0.276 e. The van der Waals surface area contributed by atoms with Crippen LogP contribution >= 0.6 is 0 Å². The quantitative estimate of drug-likeness (QED) is 0.423. The highest BCUT2D eigenvalue weighted by Gasteiger charge is 2.11. The molecule has 1 aromatic heterocycles. The molecule has 0 fully saturated rings. The number of amides is 1. The number of rotatable bonds is 5. The molecule has 0 saturated heterocycles. The molecule has 1 heterocycles. The van der Waals surface area contributed by atoms with Gasteiger partial charge in [-0.3, -0.25) is 14.9 Å². The maximum atomic E-state index is 12.2. The Morgan fingerprint density at radius 2 is 2.00 bits per heavy atom. The summed E-state index contributed by atoms with van der Waals surface area (Å²) in [7, 11) is 0. The molecule has 0 aliphatic rings. The van der Waals surface area contributed by atoms with E-state index in [1.807, 2.05) is 13.0 Å². The Morgan fingerprint density at radius 1 is 1.22 bits per heavy atom. The first kappa shape index (κ1) is 17.9. The Morgan fingerprint density at radius 3 is 2.70 bits per heavy atom. The third kappa shape index (κ3) is 4.03. The van der Waals surface area contributed by atoms with Crippen molar-refractivity contribution in [3.05, 3.63) is 75.6 Å². The fourth-order valence-corrected chi connectivity index (χ4v) is 2.51. The van der Waals surface area contributed by atoms with Crippen molar-refractivity contribution in [3.8, 4) is 5.69 Å². The topological polar surface area (TPSA) is 116 Å². The van der Waals surface area contributed by atoms with Crippen LogP contribution in [0.5, 0.6) is 0 Å². The maximum absolute atomic E-state index is 12.2. The first-order valence-corrected chi connectivity index (χ1v) is 8.04. The zero-order valence-corrected chi connectivity index (χ0v) is 14.7. The third-order valence-electron chi connectivity index (χ3n) is 3.88. The van der Waals surface area contributed by atoms with Gasteiger partial charge in [0.05, 0.1) is 16.2 Å². The number of hydrogen-bond acceptors (Lipinski definition) is 6. The van der Waals surface area contributed by atoms with Gasteiger partial charge in [0.25, 0.3) is 5.69 Å². The van der Waals surface area contributed by atoms with E-state index in [1.165, 1.54) is 18.2 Å². The monoisotopic (exact) mass is 364 g/mol. The van der Waals surface area contributed by atoms with Crippen LogP contribution in [0.15, 0.2) is 48.5 Å². The van der Waals surface area contributed by atoms with E-state index < -0.39 is 10.8 Å². The van der Waals surface area contributed by atoms with Gasteiger partial charge in [-0.1, -0.05) is 18.2 Å². The molecule has 27 heavy (non-hydrogen) atoms. The molecule has 0 aliphatic heterocycles. The Balaban J connectivity index is 1.79. The molecule has 9 nitrogen and oxygen atoms in total. The smallest absolute Gasteiger partial charge is 0.276 e. The summed E-state index contributed by atoms with van der Waals surface area (Å²) in [5.74, 6) is 0.217. The van der Waals surface area contributed by atoms with Crippen molar-refractivity contribution in [1.82, 2.24) is 20.2 Å². The zero-order valence-electron chi connectivity index (χ0n) is 14.7. The number of tetrazole rings is 1. The summed E-state index contributed by atoms with van der Waals surface area (Å²) in [6.07, 6.45) is 2.66. The number of aromatic nitrogens is 4. The van der Waals surface area contributed by atoms with Gasteiger partial charge in [0, 0.05) is 17.8 Å². The standard InChI is InChI=1S/C18H16N6O3/c1-12-7-9-15(11-17(12)23-13(2)20-21-22-23)19-18(25)10-8-14-5-3-4-6-16(14)24(26)27/h3-11H,1-2H3,(H,19,25)/b10-8+. The number of anilines is 1. The normalized spacial score (nSPS) is 10.9. The van der Waals surface area contributed by atoms with E-state index in [9.17, 15) is 14.9 Å². The van der Waals surface area contributed by atoms with E-state index in [2.05, 4.69) is 20.8 Å². The van der Waals surface area contributed by atoms with Crippen molar-refractivity contribution in [3.63, 3.8) is 0 Å². The molecule has 136 valence electrons. The van der Waals surface area contributed by atoms with Crippen LogP contribution in [0.3, 0.4) is 0 Å². The van der Waals surface area contributed by atoms with Gasteiger partial charge >= 0.3 is 0 Å². The molecular formula is C18H16N6O3. The Labute approximate surface area is 154 Å². The lowest BCUT2D eigenvalue weighted by atomic mass is 10.1. The van der Waals surface area contributed by atoms with E-state index >= 15 is 0 Å². The van der Waals surface area contributed by atoms with Crippen LogP contribution in [-0.4, -0.2) is 31.0 Å². The Kier molecular flexibility index (Phi) is 5.02. The van der Waals surface area contributed by atoms with Crippen molar-refractivity contribution in [2.24, 2.45) is 0 Å². The lowest BCUT2D eigenvalue weighted by Gasteiger charge is -2.09. The minimum atomic E-state index is -0.488. The molecular weight excluding hydrogens is 348 g/mol. The third-order valence-corrected chi connectivity index (χ3v) is 3.88. The number of hydrogen-bond donors (Lipinski definition) is 1. The van der Waals surface area contributed by atoms with Crippen LogP contribution in [0.1, 0.15) is 17.0 Å². The van der Waals surface area contributed by atoms with E-state index in [0.29, 0.717) is 17.1 Å². The fourth-order valence-electron chi connectivity index (χ4n) is 2.51. The van der Waals surface area contributed by atoms with Crippen molar-refractivity contribution < 1.29 is 9.72 Å². The largest absolute Gasteiger partial charge is 0.322 e. The van der Waals surface area contributed by atoms with Crippen LogP contribution in [-0.2, 0) is 4.79 Å². The van der Waals surface area contributed by atoms with Crippen molar-refractivity contribution in [2.45, 2.75) is 13.8 Å². The second kappa shape index (κ2) is 7.56. The van der Waals surface area contributed by atoms with Crippen LogP contribution < -0.4 is 5.32 Å². The summed E-state index contributed by atoms with van der Waals surface area (Å²) in [6, 6.07) is 11.6. The molecule has 0 radical (unpaired) electrons. The van der Waals surface area contributed by atoms with Gasteiger partial charge in [0.15, 0.2) is 5.82 Å². The van der Waals surface area contributed by atoms with Crippen molar-refractivity contribution in [1.29, 1.82) is 0 Å². The summed E-state index contributed by atoms with van der Waals surface area (Å²) in [5.41, 5.74) is 2.54. The van der Waals surface area contributed by atoms with Gasteiger partial charge in [0.1, 0.15) is 0 Å². The fraction of sp³-hybridized carbons (Fsp3) is 0.111. The van der Waals surface area contributed by atoms with Gasteiger partial charge in [-0.2, -0.15) is 4.68 Å². The first-order chi connectivity index (χ1) is 13.0. The first-order valence-electron chi connectivity index (χ1n) is 8.04. The predicted octanol–water partition coefficient (Wildman–Crippen LogP) is 2.84. The number of para-hydroxylation sites is 1. The number of nitro benzene ring substituents is 1. The molecule has 0 saturated carbocycles. The highest BCUT2D eigenvalue weighted by atomic mass is 16.6. The number of carbonyl (C=O) groups excluding carboxylic acids is 1. The van der Waals surface area contributed by atoms with Crippen LogP contribution in [0, 0.1) is 24.0 Å². The molecule has 9 heteroatoms. The zero-order chi connectivity index (χ0) is 19.4. The minimum absolute atomic E-state index is 0.0617. The summed E-state index contributed by atoms with van der Waals surface area (Å²) in [6.45, 7) is 3.69. The molecule has 0 aliphatic carbocycles. The minimum Gasteiger partial charge on any atom is -0.322 e. The molecule has 3 rings (SSSR count). The molecule has 0 spiro atoms. The molecule has 1 amide bonds. The summed E-state index contributed by atoms with van der Waals surface area (Å²) in [5, 5.41) is 25.2. The highest BCUT2D eigenvalue weighted by molar-refractivity contribution is 6.02. The van der Waals surface area contributed by atoms with Gasteiger partial charge in [-0.15, -0.1) is 5.10 Å². The van der Waals surface area contributed by atoms with Gasteiger partial charge < -0.3 is 5.32 Å². The summed E-state index contributed by atoms with van der Waals surface area (Å²) in [4.78, 5) is 22.7. The Hall–Kier alpha value is -3.88. The highest BCUT2D eigenvalue weighted by Crippen LogP contribution is 2.21. The second-order valence-electron chi connectivity index (χ2n) is 5.78. The lowest BCUT2D eigenvalue weighted by Crippen LogP contribution is -2.09. The molecule has 0 atom stereocenters. The Bertz CT molecular complexity index is 1040. The summed E-state index contributed by atoms with van der Waals surface area (Å²) >= 11 is 0. The predicted molar refractivity (Wildman–Crippen MR) is 99.4 cm³/mol. The van der Waals surface area contributed by atoms with Crippen LogP contribution in [0.4, 0.5) is 11.4 Å². The van der Waals surface area contributed by atoms with E-state index in [1.54, 1.807) is 41.9 Å². The average molecular weight is 364 g/mol. The number of aryl methyl sites for hydroxylation is 2. The van der Waals surface area contributed by atoms with Gasteiger partial charge in [0.2, 0.25) is 5.91 Å². The molecule has 0 bridgehead atoms. The van der Waals surface area contributed by atoms with Gasteiger partial charge in [-0.05, 0) is 54.1 Å². The number of nitro groups is 1. The number of benzene rings is 2. The van der Waals surface area contributed by atoms with Crippen LogP contribution in [0.2, 0.25) is 0 Å².